The standard InChI is InChI=1S/C13H14Cl2N2O/c14-8-5-10-11(6-9(8)15)17-13(3-1-2-4-13)7-12(18)16-10/h5-6,17H,1-4,7H2,(H,16,18). The summed E-state index contributed by atoms with van der Waals surface area (Å²) in [5.74, 6) is 0.0431. The topological polar surface area (TPSA) is 41.1 Å². The van der Waals surface area contributed by atoms with Gasteiger partial charge >= 0.3 is 0 Å². The summed E-state index contributed by atoms with van der Waals surface area (Å²) in [5.41, 5.74) is 1.49. The molecule has 1 heterocycles. The van der Waals surface area contributed by atoms with Gasteiger partial charge in [-0.05, 0) is 25.0 Å². The van der Waals surface area contributed by atoms with E-state index in [1.54, 1.807) is 12.1 Å². The third-order valence-electron chi connectivity index (χ3n) is 3.79. The first-order valence-electron chi connectivity index (χ1n) is 6.15. The van der Waals surface area contributed by atoms with Crippen LogP contribution < -0.4 is 10.6 Å². The van der Waals surface area contributed by atoms with Crippen LogP contribution in [0.4, 0.5) is 11.4 Å². The van der Waals surface area contributed by atoms with Gasteiger partial charge in [0.05, 0.1) is 21.4 Å². The number of benzene rings is 1. The van der Waals surface area contributed by atoms with E-state index in [1.165, 1.54) is 0 Å². The van der Waals surface area contributed by atoms with Gasteiger partial charge in [-0.25, -0.2) is 0 Å². The van der Waals surface area contributed by atoms with Crippen molar-refractivity contribution in [2.75, 3.05) is 10.6 Å². The Labute approximate surface area is 116 Å². The van der Waals surface area contributed by atoms with Gasteiger partial charge in [-0.1, -0.05) is 36.0 Å². The fourth-order valence-electron chi connectivity index (χ4n) is 2.94. The van der Waals surface area contributed by atoms with Gasteiger partial charge in [0, 0.05) is 12.0 Å². The quantitative estimate of drug-likeness (QED) is 0.754. The Morgan fingerprint density at radius 3 is 2.33 bits per heavy atom. The van der Waals surface area contributed by atoms with Gasteiger partial charge in [-0.3, -0.25) is 4.79 Å². The fourth-order valence-corrected chi connectivity index (χ4v) is 3.27. The zero-order valence-corrected chi connectivity index (χ0v) is 11.4. The number of amides is 1. The molecule has 0 atom stereocenters. The molecule has 1 aromatic rings. The van der Waals surface area contributed by atoms with Crippen LogP contribution in [0.3, 0.4) is 0 Å². The zero-order chi connectivity index (χ0) is 12.8. The highest BCUT2D eigenvalue weighted by Crippen LogP contribution is 2.42. The van der Waals surface area contributed by atoms with Gasteiger partial charge < -0.3 is 10.6 Å². The Hall–Kier alpha value is -0.930. The average molecular weight is 285 g/mol. The number of carbonyl (C=O) groups is 1. The molecular formula is C13H14Cl2N2O. The molecule has 96 valence electrons. The molecule has 1 aliphatic carbocycles. The van der Waals surface area contributed by atoms with Gasteiger partial charge in [-0.2, -0.15) is 0 Å². The van der Waals surface area contributed by atoms with E-state index in [1.807, 2.05) is 0 Å². The number of carbonyl (C=O) groups excluding carboxylic acids is 1. The number of hydrogen-bond acceptors (Lipinski definition) is 2. The maximum absolute atomic E-state index is 12.0. The second-order valence-electron chi connectivity index (χ2n) is 5.15. The van der Waals surface area contributed by atoms with Crippen LogP contribution in [0.5, 0.6) is 0 Å². The van der Waals surface area contributed by atoms with E-state index in [9.17, 15) is 4.79 Å². The predicted molar refractivity (Wildman–Crippen MR) is 74.5 cm³/mol. The minimum absolute atomic E-state index is 0.0431. The lowest BCUT2D eigenvalue weighted by Crippen LogP contribution is -2.36. The van der Waals surface area contributed by atoms with Crippen molar-refractivity contribution in [1.29, 1.82) is 0 Å². The number of rotatable bonds is 0. The summed E-state index contributed by atoms with van der Waals surface area (Å²) in [6.07, 6.45) is 4.89. The van der Waals surface area contributed by atoms with Crippen molar-refractivity contribution in [3.8, 4) is 0 Å². The van der Waals surface area contributed by atoms with E-state index >= 15 is 0 Å². The summed E-state index contributed by atoms with van der Waals surface area (Å²) in [6.45, 7) is 0. The van der Waals surface area contributed by atoms with Crippen LogP contribution in [0.15, 0.2) is 12.1 Å². The normalized spacial score (nSPS) is 21.1. The maximum atomic E-state index is 12.0. The molecule has 1 aromatic carbocycles. The van der Waals surface area contributed by atoms with Crippen LogP contribution in [-0.2, 0) is 4.79 Å². The molecule has 2 N–H and O–H groups in total. The van der Waals surface area contributed by atoms with Gasteiger partial charge in [0.1, 0.15) is 0 Å². The first kappa shape index (κ1) is 12.1. The van der Waals surface area contributed by atoms with E-state index in [0.717, 1.165) is 37.1 Å². The molecule has 1 aliphatic heterocycles. The molecule has 3 nitrogen and oxygen atoms in total. The summed E-state index contributed by atoms with van der Waals surface area (Å²) in [4.78, 5) is 12.0. The minimum atomic E-state index is -0.105. The molecule has 1 fully saturated rings. The summed E-state index contributed by atoms with van der Waals surface area (Å²) in [7, 11) is 0. The zero-order valence-electron chi connectivity index (χ0n) is 9.85. The molecule has 0 unspecified atom stereocenters. The van der Waals surface area contributed by atoms with Gasteiger partial charge in [-0.15, -0.1) is 0 Å². The molecule has 0 saturated heterocycles. The third kappa shape index (κ3) is 2.06. The van der Waals surface area contributed by atoms with E-state index in [4.69, 9.17) is 23.2 Å². The Morgan fingerprint density at radius 2 is 1.67 bits per heavy atom. The molecular weight excluding hydrogens is 271 g/mol. The lowest BCUT2D eigenvalue weighted by molar-refractivity contribution is -0.117. The SMILES string of the molecule is O=C1CC2(CCCC2)Nc2cc(Cl)c(Cl)cc2N1. The predicted octanol–water partition coefficient (Wildman–Crippen LogP) is 4.06. The van der Waals surface area contributed by atoms with Crippen molar-refractivity contribution in [3.63, 3.8) is 0 Å². The Kier molecular flexibility index (Phi) is 2.91. The molecule has 1 spiro atoms. The molecule has 0 radical (unpaired) electrons. The molecule has 2 aliphatic rings. The number of hydrogen-bond donors (Lipinski definition) is 2. The van der Waals surface area contributed by atoms with Gasteiger partial charge in [0.2, 0.25) is 5.91 Å². The summed E-state index contributed by atoms with van der Waals surface area (Å²) in [6, 6.07) is 3.50. The molecule has 1 saturated carbocycles. The molecule has 5 heteroatoms. The largest absolute Gasteiger partial charge is 0.377 e. The third-order valence-corrected chi connectivity index (χ3v) is 4.52. The summed E-state index contributed by atoms with van der Waals surface area (Å²) >= 11 is 12.0. The van der Waals surface area contributed by atoms with Crippen LogP contribution in [0, 0.1) is 0 Å². The van der Waals surface area contributed by atoms with Crippen molar-refractivity contribution in [1.82, 2.24) is 0 Å². The number of anilines is 2. The molecule has 1 amide bonds. The first-order chi connectivity index (χ1) is 8.58. The lowest BCUT2D eigenvalue weighted by Gasteiger charge is -2.28. The monoisotopic (exact) mass is 284 g/mol. The van der Waals surface area contributed by atoms with Crippen molar-refractivity contribution in [3.05, 3.63) is 22.2 Å². The van der Waals surface area contributed by atoms with E-state index in [0.29, 0.717) is 16.5 Å². The van der Waals surface area contributed by atoms with Crippen LogP contribution >= 0.6 is 23.2 Å². The Morgan fingerprint density at radius 1 is 1.06 bits per heavy atom. The highest BCUT2D eigenvalue weighted by molar-refractivity contribution is 6.42. The van der Waals surface area contributed by atoms with E-state index in [2.05, 4.69) is 10.6 Å². The average Bonchev–Trinajstić information content (AvgIpc) is 2.68. The van der Waals surface area contributed by atoms with Gasteiger partial charge in [0.15, 0.2) is 0 Å². The number of halogens is 2. The minimum Gasteiger partial charge on any atom is -0.377 e. The molecule has 0 bridgehead atoms. The van der Waals surface area contributed by atoms with E-state index < -0.39 is 0 Å². The molecule has 18 heavy (non-hydrogen) atoms. The number of nitrogens with one attached hydrogen (secondary N) is 2. The second-order valence-corrected chi connectivity index (χ2v) is 5.96. The van der Waals surface area contributed by atoms with Crippen LogP contribution in [0.1, 0.15) is 32.1 Å². The second kappa shape index (κ2) is 4.32. The first-order valence-corrected chi connectivity index (χ1v) is 6.91. The smallest absolute Gasteiger partial charge is 0.226 e. The Balaban J connectivity index is 2.05. The molecule has 0 aromatic heterocycles. The lowest BCUT2D eigenvalue weighted by atomic mass is 9.93. The number of fused-ring (bicyclic) bond motifs is 1. The maximum Gasteiger partial charge on any atom is 0.226 e. The highest BCUT2D eigenvalue weighted by atomic mass is 35.5. The van der Waals surface area contributed by atoms with Crippen LogP contribution in [-0.4, -0.2) is 11.4 Å². The van der Waals surface area contributed by atoms with Crippen molar-refractivity contribution in [2.24, 2.45) is 0 Å². The Bertz CT molecular complexity index is 510. The van der Waals surface area contributed by atoms with Crippen molar-refractivity contribution < 1.29 is 4.79 Å². The van der Waals surface area contributed by atoms with Crippen molar-refractivity contribution in [2.45, 2.75) is 37.6 Å². The summed E-state index contributed by atoms with van der Waals surface area (Å²) < 4.78 is 0. The van der Waals surface area contributed by atoms with Crippen LogP contribution in [0.2, 0.25) is 10.0 Å². The van der Waals surface area contributed by atoms with Crippen molar-refractivity contribution >= 4 is 40.5 Å². The summed E-state index contributed by atoms with van der Waals surface area (Å²) in [5, 5.41) is 7.37. The van der Waals surface area contributed by atoms with Gasteiger partial charge in [0.25, 0.3) is 0 Å². The fraction of sp³-hybridized carbons (Fsp3) is 0.462. The molecule has 3 rings (SSSR count). The van der Waals surface area contributed by atoms with E-state index in [-0.39, 0.29) is 11.4 Å². The highest BCUT2D eigenvalue weighted by Gasteiger charge is 2.38. The van der Waals surface area contributed by atoms with Crippen LogP contribution in [0.25, 0.3) is 0 Å².